The summed E-state index contributed by atoms with van der Waals surface area (Å²) in [6, 6.07) is 9.14. The summed E-state index contributed by atoms with van der Waals surface area (Å²) in [6.45, 7) is 4.66. The molecule has 0 aliphatic rings. The van der Waals surface area contributed by atoms with E-state index >= 15 is 0 Å². The van der Waals surface area contributed by atoms with Crippen LogP contribution < -0.4 is 10.6 Å². The Labute approximate surface area is 152 Å². The fourth-order valence-electron chi connectivity index (χ4n) is 2.14. The molecule has 0 saturated carbocycles. The molecule has 1 aromatic carbocycles. The molecule has 1 amide bonds. The van der Waals surface area contributed by atoms with Gasteiger partial charge in [-0.3, -0.25) is 4.79 Å². The monoisotopic (exact) mass is 365 g/mol. The van der Waals surface area contributed by atoms with Crippen LogP contribution in [0.15, 0.2) is 36.5 Å². The molecule has 1 aromatic heterocycles. The highest BCUT2D eigenvalue weighted by Gasteiger charge is 2.08. The third-order valence-electron chi connectivity index (χ3n) is 3.72. The number of nitrogens with one attached hydrogen (secondary N) is 2. The molecule has 1 atom stereocenters. The van der Waals surface area contributed by atoms with E-state index in [0.717, 1.165) is 12.0 Å². The second-order valence-corrected chi connectivity index (χ2v) is 6.47. The van der Waals surface area contributed by atoms with Crippen LogP contribution in [0.5, 0.6) is 0 Å². The minimum atomic E-state index is -0.130. The lowest BCUT2D eigenvalue weighted by Crippen LogP contribution is -2.26. The number of pyridine rings is 1. The Morgan fingerprint density at radius 2 is 2.04 bits per heavy atom. The Morgan fingerprint density at radius 3 is 2.75 bits per heavy atom. The van der Waals surface area contributed by atoms with Gasteiger partial charge in [-0.15, -0.1) is 0 Å². The van der Waals surface area contributed by atoms with Crippen LogP contribution in [0.1, 0.15) is 36.2 Å². The van der Waals surface area contributed by atoms with Crippen molar-refractivity contribution in [2.45, 2.75) is 32.7 Å². The smallest absolute Gasteiger partial charge is 0.251 e. The minimum Gasteiger partial charge on any atom is -0.368 e. The minimum absolute atomic E-state index is 0.130. The Bertz CT molecular complexity index is 706. The summed E-state index contributed by atoms with van der Waals surface area (Å²) in [5.74, 6) is 0.576. The summed E-state index contributed by atoms with van der Waals surface area (Å²) < 4.78 is 0. The van der Waals surface area contributed by atoms with Crippen molar-refractivity contribution in [2.24, 2.45) is 0 Å². The number of anilines is 1. The largest absolute Gasteiger partial charge is 0.368 e. The number of carbonyl (C=O) groups is 1. The number of carbonyl (C=O) groups excluding carboxylic acids is 1. The summed E-state index contributed by atoms with van der Waals surface area (Å²) in [5, 5.41) is 7.37. The normalized spacial score (nSPS) is 11.8. The van der Waals surface area contributed by atoms with Crippen LogP contribution in [0.2, 0.25) is 10.0 Å². The first kappa shape index (κ1) is 18.6. The van der Waals surface area contributed by atoms with Gasteiger partial charge < -0.3 is 10.6 Å². The van der Waals surface area contributed by atoms with Crippen LogP contribution in [0, 0.1) is 0 Å². The molecule has 0 spiro atoms. The van der Waals surface area contributed by atoms with Crippen LogP contribution in [-0.2, 0) is 6.42 Å². The number of halogens is 2. The van der Waals surface area contributed by atoms with Gasteiger partial charge in [-0.05, 0) is 49.6 Å². The number of aromatic nitrogens is 1. The van der Waals surface area contributed by atoms with E-state index in [1.54, 1.807) is 30.5 Å². The van der Waals surface area contributed by atoms with E-state index in [1.165, 1.54) is 0 Å². The Balaban J connectivity index is 1.91. The summed E-state index contributed by atoms with van der Waals surface area (Å²) in [4.78, 5) is 16.5. The van der Waals surface area contributed by atoms with Gasteiger partial charge in [0, 0.05) is 34.4 Å². The number of amides is 1. The Kier molecular flexibility index (Phi) is 6.88. The van der Waals surface area contributed by atoms with E-state index in [1.807, 2.05) is 6.07 Å². The average Bonchev–Trinajstić information content (AvgIpc) is 2.56. The maximum atomic E-state index is 12.3. The quantitative estimate of drug-likeness (QED) is 0.755. The lowest BCUT2D eigenvalue weighted by atomic mass is 10.1. The molecule has 2 N–H and O–H groups in total. The molecule has 0 bridgehead atoms. The number of rotatable bonds is 7. The molecule has 0 radical (unpaired) electrons. The fourth-order valence-corrected chi connectivity index (χ4v) is 2.65. The zero-order valence-electron chi connectivity index (χ0n) is 13.8. The van der Waals surface area contributed by atoms with Crippen LogP contribution in [0.3, 0.4) is 0 Å². The molecule has 0 aliphatic carbocycles. The predicted molar refractivity (Wildman–Crippen MR) is 100 cm³/mol. The summed E-state index contributed by atoms with van der Waals surface area (Å²) >= 11 is 12.0. The zero-order valence-corrected chi connectivity index (χ0v) is 15.3. The highest BCUT2D eigenvalue weighted by atomic mass is 35.5. The van der Waals surface area contributed by atoms with Crippen molar-refractivity contribution in [3.63, 3.8) is 0 Å². The molecule has 128 valence electrons. The fraction of sp³-hybridized carbons (Fsp3) is 0.333. The topological polar surface area (TPSA) is 54.0 Å². The van der Waals surface area contributed by atoms with E-state index in [9.17, 15) is 4.79 Å². The Hall–Kier alpha value is -1.78. The molecule has 0 fully saturated rings. The average molecular weight is 366 g/mol. The van der Waals surface area contributed by atoms with E-state index in [0.29, 0.717) is 40.4 Å². The molecule has 0 saturated heterocycles. The van der Waals surface area contributed by atoms with Gasteiger partial charge >= 0.3 is 0 Å². The van der Waals surface area contributed by atoms with E-state index in [-0.39, 0.29) is 5.91 Å². The third-order valence-corrected chi connectivity index (χ3v) is 4.31. The van der Waals surface area contributed by atoms with Gasteiger partial charge in [0.1, 0.15) is 5.82 Å². The molecule has 2 rings (SSSR count). The van der Waals surface area contributed by atoms with Crippen molar-refractivity contribution in [3.8, 4) is 0 Å². The first-order valence-electron chi connectivity index (χ1n) is 7.94. The van der Waals surface area contributed by atoms with Crippen LogP contribution >= 0.6 is 23.2 Å². The van der Waals surface area contributed by atoms with Crippen molar-refractivity contribution in [1.82, 2.24) is 10.3 Å². The highest BCUT2D eigenvalue weighted by molar-refractivity contribution is 6.35. The summed E-state index contributed by atoms with van der Waals surface area (Å²) in [7, 11) is 0. The molecular formula is C18H21Cl2N3O. The van der Waals surface area contributed by atoms with Gasteiger partial charge in [-0.2, -0.15) is 0 Å². The third kappa shape index (κ3) is 5.39. The first-order chi connectivity index (χ1) is 11.5. The van der Waals surface area contributed by atoms with E-state index < -0.39 is 0 Å². The van der Waals surface area contributed by atoms with Crippen molar-refractivity contribution in [3.05, 3.63) is 57.7 Å². The molecule has 6 heteroatoms. The van der Waals surface area contributed by atoms with E-state index in [4.69, 9.17) is 23.2 Å². The highest BCUT2D eigenvalue weighted by Crippen LogP contribution is 2.21. The second-order valence-electron chi connectivity index (χ2n) is 5.63. The van der Waals surface area contributed by atoms with Crippen LogP contribution in [-0.4, -0.2) is 23.5 Å². The Morgan fingerprint density at radius 1 is 1.25 bits per heavy atom. The maximum absolute atomic E-state index is 12.3. The van der Waals surface area contributed by atoms with Gasteiger partial charge in [-0.25, -0.2) is 4.98 Å². The molecule has 1 heterocycles. The van der Waals surface area contributed by atoms with Crippen molar-refractivity contribution in [2.75, 3.05) is 11.9 Å². The van der Waals surface area contributed by atoms with Crippen molar-refractivity contribution in [1.29, 1.82) is 0 Å². The van der Waals surface area contributed by atoms with Crippen molar-refractivity contribution < 1.29 is 4.79 Å². The molecule has 2 aromatic rings. The van der Waals surface area contributed by atoms with Crippen LogP contribution in [0.25, 0.3) is 0 Å². The maximum Gasteiger partial charge on any atom is 0.251 e. The van der Waals surface area contributed by atoms with Gasteiger partial charge in [0.2, 0.25) is 0 Å². The molecule has 24 heavy (non-hydrogen) atoms. The molecule has 0 aliphatic heterocycles. The zero-order chi connectivity index (χ0) is 17.5. The molecular weight excluding hydrogens is 345 g/mol. The predicted octanol–water partition coefficient (Wildman–Crippen LogP) is 4.57. The number of benzene rings is 1. The first-order valence-corrected chi connectivity index (χ1v) is 8.70. The van der Waals surface area contributed by atoms with Gasteiger partial charge in [0.15, 0.2) is 0 Å². The lowest BCUT2D eigenvalue weighted by molar-refractivity contribution is 0.0954. The number of hydrogen-bond donors (Lipinski definition) is 2. The van der Waals surface area contributed by atoms with Gasteiger partial charge in [-0.1, -0.05) is 36.2 Å². The number of nitrogens with zero attached hydrogens (tertiary/aromatic N) is 1. The molecule has 1 unspecified atom stereocenters. The lowest BCUT2D eigenvalue weighted by Gasteiger charge is -2.13. The standard InChI is InChI=1S/C18H21Cl2N3O/c1-3-12(2)23-17-10-14(7-8-21-17)18(24)22-9-6-13-4-5-15(19)11-16(13)20/h4-5,7-8,10-12H,3,6,9H2,1-2H3,(H,21,23)(H,22,24). The molecule has 4 nitrogen and oxygen atoms in total. The summed E-state index contributed by atoms with van der Waals surface area (Å²) in [5.41, 5.74) is 1.54. The van der Waals surface area contributed by atoms with Crippen molar-refractivity contribution >= 4 is 34.9 Å². The van der Waals surface area contributed by atoms with Crippen LogP contribution in [0.4, 0.5) is 5.82 Å². The van der Waals surface area contributed by atoms with Gasteiger partial charge in [0.05, 0.1) is 0 Å². The van der Waals surface area contributed by atoms with E-state index in [2.05, 4.69) is 29.5 Å². The number of hydrogen-bond acceptors (Lipinski definition) is 3. The van der Waals surface area contributed by atoms with Gasteiger partial charge in [0.25, 0.3) is 5.91 Å². The summed E-state index contributed by atoms with van der Waals surface area (Å²) in [6.07, 6.45) is 3.26. The second kappa shape index (κ2) is 8.90. The SMILES string of the molecule is CCC(C)Nc1cc(C(=O)NCCc2ccc(Cl)cc2Cl)ccn1.